The second kappa shape index (κ2) is 8.35. The minimum Gasteiger partial charge on any atom is -0.376 e. The van der Waals surface area contributed by atoms with Crippen LogP contribution in [0, 0.1) is 0 Å². The maximum absolute atomic E-state index is 11.8. The summed E-state index contributed by atoms with van der Waals surface area (Å²) in [5.41, 5.74) is 2.21. The van der Waals surface area contributed by atoms with Crippen molar-refractivity contribution in [2.75, 3.05) is 18.9 Å². The quantitative estimate of drug-likeness (QED) is 0.784. The molecule has 0 saturated carbocycles. The SMILES string of the molecule is CCNC(=O)CSc1ncc(-c2ccccc2)n1CC1CCCO1. The molecule has 128 valence electrons. The van der Waals surface area contributed by atoms with Crippen LogP contribution in [0.15, 0.2) is 41.7 Å². The summed E-state index contributed by atoms with van der Waals surface area (Å²) in [5, 5.41) is 3.70. The molecule has 1 aromatic heterocycles. The van der Waals surface area contributed by atoms with Gasteiger partial charge in [-0.3, -0.25) is 4.79 Å². The average Bonchev–Trinajstić information content (AvgIpc) is 3.25. The Balaban J connectivity index is 1.81. The Morgan fingerprint density at radius 2 is 2.25 bits per heavy atom. The topological polar surface area (TPSA) is 56.2 Å². The van der Waals surface area contributed by atoms with Gasteiger partial charge in [0.05, 0.1) is 30.3 Å². The van der Waals surface area contributed by atoms with Crippen LogP contribution >= 0.6 is 11.8 Å². The van der Waals surface area contributed by atoms with E-state index < -0.39 is 0 Å². The third kappa shape index (κ3) is 4.19. The maximum Gasteiger partial charge on any atom is 0.230 e. The van der Waals surface area contributed by atoms with Crippen LogP contribution in [-0.4, -0.2) is 40.5 Å². The minimum absolute atomic E-state index is 0.0374. The largest absolute Gasteiger partial charge is 0.376 e. The summed E-state index contributed by atoms with van der Waals surface area (Å²) in [6.45, 7) is 4.19. The van der Waals surface area contributed by atoms with E-state index in [2.05, 4.69) is 27.0 Å². The first-order valence-corrected chi connectivity index (χ1v) is 9.38. The van der Waals surface area contributed by atoms with Gasteiger partial charge in [-0.05, 0) is 25.3 Å². The molecule has 5 nitrogen and oxygen atoms in total. The molecule has 6 heteroatoms. The first-order valence-electron chi connectivity index (χ1n) is 8.40. The van der Waals surface area contributed by atoms with E-state index >= 15 is 0 Å². The molecule has 3 rings (SSSR count). The molecule has 0 aliphatic carbocycles. The first-order chi connectivity index (χ1) is 11.8. The number of ether oxygens (including phenoxy) is 1. The predicted octanol–water partition coefficient (Wildman–Crippen LogP) is 2.96. The zero-order valence-corrected chi connectivity index (χ0v) is 14.7. The van der Waals surface area contributed by atoms with Crippen molar-refractivity contribution < 1.29 is 9.53 Å². The van der Waals surface area contributed by atoms with Crippen LogP contribution < -0.4 is 5.32 Å². The lowest BCUT2D eigenvalue weighted by atomic mass is 10.1. The molecule has 1 saturated heterocycles. The summed E-state index contributed by atoms with van der Waals surface area (Å²) in [7, 11) is 0. The second-order valence-corrected chi connectivity index (χ2v) is 6.72. The van der Waals surface area contributed by atoms with Crippen LogP contribution in [0.2, 0.25) is 0 Å². The molecule has 1 fully saturated rings. The Kier molecular flexibility index (Phi) is 5.93. The van der Waals surface area contributed by atoms with Crippen LogP contribution in [0.3, 0.4) is 0 Å². The molecule has 1 N–H and O–H groups in total. The van der Waals surface area contributed by atoms with Gasteiger partial charge in [-0.25, -0.2) is 4.98 Å². The molecule has 1 aromatic carbocycles. The molecule has 2 heterocycles. The lowest BCUT2D eigenvalue weighted by molar-refractivity contribution is -0.118. The molecule has 1 aliphatic heterocycles. The van der Waals surface area contributed by atoms with Gasteiger partial charge in [0, 0.05) is 13.2 Å². The number of rotatable bonds is 7. The molecule has 0 spiro atoms. The van der Waals surface area contributed by atoms with Gasteiger partial charge >= 0.3 is 0 Å². The molecule has 1 aliphatic rings. The highest BCUT2D eigenvalue weighted by molar-refractivity contribution is 7.99. The Labute approximate surface area is 146 Å². The van der Waals surface area contributed by atoms with Gasteiger partial charge in [-0.1, -0.05) is 42.1 Å². The molecular weight excluding hydrogens is 322 g/mol. The van der Waals surface area contributed by atoms with E-state index in [4.69, 9.17) is 4.74 Å². The van der Waals surface area contributed by atoms with E-state index in [0.29, 0.717) is 12.3 Å². The Hall–Kier alpha value is -1.79. The Morgan fingerprint density at radius 3 is 2.96 bits per heavy atom. The average molecular weight is 345 g/mol. The van der Waals surface area contributed by atoms with Gasteiger partial charge in [0.2, 0.25) is 5.91 Å². The molecule has 2 aromatic rings. The number of imidazole rings is 1. The summed E-state index contributed by atoms with van der Waals surface area (Å²) < 4.78 is 7.99. The summed E-state index contributed by atoms with van der Waals surface area (Å²) in [4.78, 5) is 16.3. The first kappa shape index (κ1) is 17.0. The van der Waals surface area contributed by atoms with Gasteiger partial charge in [0.1, 0.15) is 0 Å². The van der Waals surface area contributed by atoms with Gasteiger partial charge in [-0.15, -0.1) is 0 Å². The summed E-state index contributed by atoms with van der Waals surface area (Å²) in [6, 6.07) is 10.2. The van der Waals surface area contributed by atoms with Crippen LogP contribution in [0.1, 0.15) is 19.8 Å². The van der Waals surface area contributed by atoms with Gasteiger partial charge in [-0.2, -0.15) is 0 Å². The minimum atomic E-state index is 0.0374. The number of hydrogen-bond donors (Lipinski definition) is 1. The van der Waals surface area contributed by atoms with Crippen LogP contribution in [0.4, 0.5) is 0 Å². The van der Waals surface area contributed by atoms with E-state index in [1.54, 1.807) is 0 Å². The molecular formula is C18H23N3O2S. The van der Waals surface area contributed by atoms with Crippen molar-refractivity contribution in [3.63, 3.8) is 0 Å². The van der Waals surface area contributed by atoms with Crippen molar-refractivity contribution in [1.82, 2.24) is 14.9 Å². The van der Waals surface area contributed by atoms with Gasteiger partial charge in [0.15, 0.2) is 5.16 Å². The summed E-state index contributed by atoms with van der Waals surface area (Å²) in [5.74, 6) is 0.417. The van der Waals surface area contributed by atoms with Gasteiger partial charge < -0.3 is 14.6 Å². The Bertz CT molecular complexity index is 666. The fourth-order valence-corrected chi connectivity index (χ4v) is 3.68. The predicted molar refractivity (Wildman–Crippen MR) is 96.0 cm³/mol. The number of thioether (sulfide) groups is 1. The fraction of sp³-hybridized carbons (Fsp3) is 0.444. The van der Waals surface area contributed by atoms with Crippen LogP contribution in [-0.2, 0) is 16.1 Å². The van der Waals surface area contributed by atoms with Crippen molar-refractivity contribution >= 4 is 17.7 Å². The number of aromatic nitrogens is 2. The number of carbonyl (C=O) groups is 1. The molecule has 1 amide bonds. The maximum atomic E-state index is 11.8. The summed E-state index contributed by atoms with van der Waals surface area (Å²) in [6.07, 6.45) is 4.31. The van der Waals surface area contributed by atoms with Crippen molar-refractivity contribution in [1.29, 1.82) is 0 Å². The zero-order chi connectivity index (χ0) is 16.8. The molecule has 0 radical (unpaired) electrons. The monoisotopic (exact) mass is 345 g/mol. The second-order valence-electron chi connectivity index (χ2n) is 5.78. The van der Waals surface area contributed by atoms with Crippen molar-refractivity contribution in [2.45, 2.75) is 37.6 Å². The number of hydrogen-bond acceptors (Lipinski definition) is 4. The molecule has 1 atom stereocenters. The molecule has 0 bridgehead atoms. The summed E-state index contributed by atoms with van der Waals surface area (Å²) >= 11 is 1.48. The number of carbonyl (C=O) groups excluding carboxylic acids is 1. The van der Waals surface area contributed by atoms with Crippen LogP contribution in [0.25, 0.3) is 11.3 Å². The number of nitrogens with zero attached hydrogens (tertiary/aromatic N) is 2. The van der Waals surface area contributed by atoms with Crippen molar-refractivity contribution in [2.24, 2.45) is 0 Å². The van der Waals surface area contributed by atoms with E-state index in [9.17, 15) is 4.79 Å². The number of nitrogens with one attached hydrogen (secondary N) is 1. The highest BCUT2D eigenvalue weighted by Crippen LogP contribution is 2.28. The normalized spacial score (nSPS) is 17.1. The highest BCUT2D eigenvalue weighted by Gasteiger charge is 2.21. The highest BCUT2D eigenvalue weighted by atomic mass is 32.2. The molecule has 1 unspecified atom stereocenters. The number of amides is 1. The Morgan fingerprint density at radius 1 is 1.42 bits per heavy atom. The lowest BCUT2D eigenvalue weighted by Crippen LogP contribution is -2.24. The zero-order valence-electron chi connectivity index (χ0n) is 13.9. The van der Waals surface area contributed by atoms with Gasteiger partial charge in [0.25, 0.3) is 0 Å². The van der Waals surface area contributed by atoms with E-state index in [0.717, 1.165) is 42.4 Å². The molecule has 24 heavy (non-hydrogen) atoms. The standard InChI is InChI=1S/C18H23N3O2S/c1-2-19-17(22)13-24-18-20-11-16(14-7-4-3-5-8-14)21(18)12-15-9-6-10-23-15/h3-5,7-8,11,15H,2,6,9-10,12-13H2,1H3,(H,19,22). The van der Waals surface area contributed by atoms with E-state index in [1.807, 2.05) is 31.3 Å². The van der Waals surface area contributed by atoms with Crippen molar-refractivity contribution in [3.05, 3.63) is 36.5 Å². The van der Waals surface area contributed by atoms with E-state index in [1.165, 1.54) is 11.8 Å². The smallest absolute Gasteiger partial charge is 0.230 e. The lowest BCUT2D eigenvalue weighted by Gasteiger charge is -2.16. The number of benzene rings is 1. The fourth-order valence-electron chi connectivity index (χ4n) is 2.86. The third-order valence-electron chi connectivity index (χ3n) is 4.01. The van der Waals surface area contributed by atoms with Crippen molar-refractivity contribution in [3.8, 4) is 11.3 Å². The van der Waals surface area contributed by atoms with E-state index in [-0.39, 0.29) is 12.0 Å². The van der Waals surface area contributed by atoms with Crippen LogP contribution in [0.5, 0.6) is 0 Å². The third-order valence-corrected chi connectivity index (χ3v) is 5.00.